The molecule has 1 saturated heterocycles. The standard InChI is InChI=1S/C11H17NO3/c1-5-8-6-12(7-9(8)13)10(14)15-11(2,3)4/h5H,6-7H2,1-4H3/b8-5+. The Morgan fingerprint density at radius 1 is 1.40 bits per heavy atom. The monoisotopic (exact) mass is 211 g/mol. The summed E-state index contributed by atoms with van der Waals surface area (Å²) in [4.78, 5) is 24.4. The number of likely N-dealkylation sites (tertiary alicyclic amines) is 1. The van der Waals surface area contributed by atoms with E-state index < -0.39 is 11.7 Å². The van der Waals surface area contributed by atoms with E-state index in [-0.39, 0.29) is 12.3 Å². The molecule has 0 aromatic carbocycles. The van der Waals surface area contributed by atoms with Crippen LogP contribution in [0.25, 0.3) is 0 Å². The molecule has 1 heterocycles. The lowest BCUT2D eigenvalue weighted by Crippen LogP contribution is -2.35. The maximum atomic E-state index is 11.6. The number of ketones is 1. The summed E-state index contributed by atoms with van der Waals surface area (Å²) in [5.74, 6) is 0.00311. The highest BCUT2D eigenvalue weighted by molar-refractivity contribution is 6.01. The van der Waals surface area contributed by atoms with Crippen LogP contribution in [0.4, 0.5) is 4.79 Å². The predicted octanol–water partition coefficient (Wildman–Crippen LogP) is 1.75. The number of amides is 1. The fourth-order valence-electron chi connectivity index (χ4n) is 1.33. The highest BCUT2D eigenvalue weighted by Gasteiger charge is 2.31. The lowest BCUT2D eigenvalue weighted by atomic mass is 10.2. The molecule has 1 fully saturated rings. The molecule has 0 spiro atoms. The maximum Gasteiger partial charge on any atom is 0.411 e. The van der Waals surface area contributed by atoms with Crippen LogP contribution in [0.15, 0.2) is 11.6 Å². The van der Waals surface area contributed by atoms with Gasteiger partial charge in [-0.15, -0.1) is 0 Å². The number of ether oxygens (including phenoxy) is 1. The highest BCUT2D eigenvalue weighted by atomic mass is 16.6. The number of carbonyl (C=O) groups excluding carboxylic acids is 2. The van der Waals surface area contributed by atoms with Crippen LogP contribution in [0.3, 0.4) is 0 Å². The first kappa shape index (κ1) is 11.8. The van der Waals surface area contributed by atoms with Crippen LogP contribution in [0.5, 0.6) is 0 Å². The fraction of sp³-hybridized carbons (Fsp3) is 0.636. The van der Waals surface area contributed by atoms with E-state index in [2.05, 4.69) is 0 Å². The zero-order valence-electron chi connectivity index (χ0n) is 9.66. The first-order valence-corrected chi connectivity index (χ1v) is 5.00. The summed E-state index contributed by atoms with van der Waals surface area (Å²) in [7, 11) is 0. The summed E-state index contributed by atoms with van der Waals surface area (Å²) in [5.41, 5.74) is 0.166. The van der Waals surface area contributed by atoms with Gasteiger partial charge in [0.25, 0.3) is 0 Å². The lowest BCUT2D eigenvalue weighted by Gasteiger charge is -2.23. The molecule has 0 aromatic heterocycles. The summed E-state index contributed by atoms with van der Waals surface area (Å²) in [6, 6.07) is 0. The Balaban J connectivity index is 2.62. The van der Waals surface area contributed by atoms with E-state index in [1.54, 1.807) is 33.8 Å². The van der Waals surface area contributed by atoms with Crippen molar-refractivity contribution in [2.24, 2.45) is 0 Å². The Kier molecular flexibility index (Phi) is 3.17. The van der Waals surface area contributed by atoms with E-state index in [4.69, 9.17) is 4.74 Å². The number of Topliss-reactive ketones (excluding diaryl/α,β-unsaturated/α-hetero) is 1. The van der Waals surface area contributed by atoms with Gasteiger partial charge >= 0.3 is 6.09 Å². The Hall–Kier alpha value is -1.32. The van der Waals surface area contributed by atoms with Gasteiger partial charge in [-0.05, 0) is 27.7 Å². The molecule has 0 aliphatic carbocycles. The molecule has 1 amide bonds. The number of carbonyl (C=O) groups is 2. The average molecular weight is 211 g/mol. The van der Waals surface area contributed by atoms with Crippen LogP contribution in [0.1, 0.15) is 27.7 Å². The van der Waals surface area contributed by atoms with Crippen LogP contribution in [0.2, 0.25) is 0 Å². The predicted molar refractivity (Wildman–Crippen MR) is 56.6 cm³/mol. The van der Waals surface area contributed by atoms with Gasteiger partial charge in [0.05, 0.1) is 13.1 Å². The largest absolute Gasteiger partial charge is 0.444 e. The SMILES string of the molecule is C/C=C1\CN(C(=O)OC(C)(C)C)CC1=O. The van der Waals surface area contributed by atoms with Gasteiger partial charge in [-0.2, -0.15) is 0 Å². The third kappa shape index (κ3) is 3.08. The summed E-state index contributed by atoms with van der Waals surface area (Å²) in [6.07, 6.45) is 1.32. The van der Waals surface area contributed by atoms with Crippen molar-refractivity contribution in [3.05, 3.63) is 11.6 Å². The first-order chi connectivity index (χ1) is 6.83. The summed E-state index contributed by atoms with van der Waals surface area (Å²) >= 11 is 0. The molecule has 0 bridgehead atoms. The van der Waals surface area contributed by atoms with Crippen molar-refractivity contribution < 1.29 is 14.3 Å². The molecule has 0 atom stereocenters. The molecule has 15 heavy (non-hydrogen) atoms. The number of hydrogen-bond acceptors (Lipinski definition) is 3. The molecule has 0 N–H and O–H groups in total. The smallest absolute Gasteiger partial charge is 0.411 e. The van der Waals surface area contributed by atoms with Gasteiger partial charge in [0.1, 0.15) is 5.60 Å². The van der Waals surface area contributed by atoms with Gasteiger partial charge in [-0.1, -0.05) is 6.08 Å². The van der Waals surface area contributed by atoms with E-state index in [0.717, 1.165) is 0 Å². The maximum absolute atomic E-state index is 11.6. The molecular formula is C11H17NO3. The third-order valence-electron chi connectivity index (χ3n) is 2.05. The molecular weight excluding hydrogens is 194 g/mol. The third-order valence-corrected chi connectivity index (χ3v) is 2.05. The molecule has 1 rings (SSSR count). The number of allylic oxidation sites excluding steroid dienone is 1. The molecule has 0 unspecified atom stereocenters. The van der Waals surface area contributed by atoms with Gasteiger partial charge in [0.2, 0.25) is 0 Å². The van der Waals surface area contributed by atoms with Crippen LogP contribution >= 0.6 is 0 Å². The Morgan fingerprint density at radius 3 is 2.40 bits per heavy atom. The van der Waals surface area contributed by atoms with Crippen molar-refractivity contribution in [1.29, 1.82) is 0 Å². The van der Waals surface area contributed by atoms with E-state index in [1.807, 2.05) is 0 Å². The van der Waals surface area contributed by atoms with Crippen molar-refractivity contribution in [1.82, 2.24) is 4.90 Å². The Labute approximate surface area is 89.9 Å². The lowest BCUT2D eigenvalue weighted by molar-refractivity contribution is -0.114. The Bertz CT molecular complexity index is 312. The van der Waals surface area contributed by atoms with Gasteiger partial charge < -0.3 is 4.74 Å². The van der Waals surface area contributed by atoms with Crippen LogP contribution in [-0.2, 0) is 9.53 Å². The summed E-state index contributed by atoms with van der Waals surface area (Å²) in [5, 5.41) is 0. The molecule has 1 aliphatic heterocycles. The molecule has 0 radical (unpaired) electrons. The minimum Gasteiger partial charge on any atom is -0.444 e. The molecule has 84 valence electrons. The number of nitrogens with zero attached hydrogens (tertiary/aromatic N) is 1. The normalized spacial score (nSPS) is 19.9. The van der Waals surface area contributed by atoms with E-state index in [9.17, 15) is 9.59 Å². The quantitative estimate of drug-likeness (QED) is 0.573. The zero-order chi connectivity index (χ0) is 11.6. The average Bonchev–Trinajstić information content (AvgIpc) is 2.43. The van der Waals surface area contributed by atoms with Crippen LogP contribution < -0.4 is 0 Å². The molecule has 4 heteroatoms. The molecule has 0 saturated carbocycles. The van der Waals surface area contributed by atoms with Crippen LogP contribution in [-0.4, -0.2) is 35.5 Å². The number of rotatable bonds is 0. The van der Waals surface area contributed by atoms with Crippen molar-refractivity contribution in [3.63, 3.8) is 0 Å². The van der Waals surface area contributed by atoms with Crippen molar-refractivity contribution in [3.8, 4) is 0 Å². The van der Waals surface area contributed by atoms with Gasteiger partial charge in [0, 0.05) is 5.57 Å². The second kappa shape index (κ2) is 4.04. The minimum atomic E-state index is -0.515. The molecule has 4 nitrogen and oxygen atoms in total. The highest BCUT2D eigenvalue weighted by Crippen LogP contribution is 2.16. The van der Waals surface area contributed by atoms with Crippen LogP contribution in [0, 0.1) is 0 Å². The minimum absolute atomic E-state index is 0.00311. The molecule has 1 aliphatic rings. The second-order valence-electron chi connectivity index (χ2n) is 4.57. The van der Waals surface area contributed by atoms with Crippen molar-refractivity contribution >= 4 is 11.9 Å². The fourth-order valence-corrected chi connectivity index (χ4v) is 1.33. The van der Waals surface area contributed by atoms with E-state index in [1.165, 1.54) is 4.90 Å². The summed E-state index contributed by atoms with van der Waals surface area (Å²) < 4.78 is 5.17. The first-order valence-electron chi connectivity index (χ1n) is 5.00. The second-order valence-corrected chi connectivity index (χ2v) is 4.57. The van der Waals surface area contributed by atoms with Crippen molar-refractivity contribution in [2.45, 2.75) is 33.3 Å². The zero-order valence-corrected chi connectivity index (χ0v) is 9.66. The van der Waals surface area contributed by atoms with Gasteiger partial charge in [-0.25, -0.2) is 4.79 Å². The van der Waals surface area contributed by atoms with Crippen molar-refractivity contribution in [2.75, 3.05) is 13.1 Å². The molecule has 0 aromatic rings. The number of hydrogen-bond donors (Lipinski definition) is 0. The van der Waals surface area contributed by atoms with Gasteiger partial charge in [0.15, 0.2) is 5.78 Å². The van der Waals surface area contributed by atoms with E-state index >= 15 is 0 Å². The van der Waals surface area contributed by atoms with Gasteiger partial charge in [-0.3, -0.25) is 9.69 Å². The topological polar surface area (TPSA) is 46.6 Å². The van der Waals surface area contributed by atoms with E-state index in [0.29, 0.717) is 12.1 Å². The summed E-state index contributed by atoms with van der Waals surface area (Å²) in [6.45, 7) is 7.71. The Morgan fingerprint density at radius 2 is 2.00 bits per heavy atom.